The number of hydrogen-bond acceptors (Lipinski definition) is 1. The molecule has 1 nitrogen and oxygen atoms in total. The number of ether oxygens (including phenoxy) is 1. The highest BCUT2D eigenvalue weighted by Gasteiger charge is 2.51. The second-order valence-electron chi connectivity index (χ2n) is 5.82. The van der Waals surface area contributed by atoms with Gasteiger partial charge in [0.2, 0.25) is 0 Å². The van der Waals surface area contributed by atoms with E-state index in [-0.39, 0.29) is 5.60 Å². The fraction of sp³-hybridized carbons (Fsp3) is 0.733. The van der Waals surface area contributed by atoms with E-state index in [1.165, 1.54) is 31.3 Å². The van der Waals surface area contributed by atoms with Gasteiger partial charge in [-0.3, -0.25) is 0 Å². The molecule has 0 radical (unpaired) electrons. The van der Waals surface area contributed by atoms with Crippen LogP contribution in [-0.4, -0.2) is 11.7 Å². The normalized spacial score (nSPS) is 38.4. The molecule has 1 heteroatoms. The number of fused-ring (bicyclic) bond motifs is 1. The van der Waals surface area contributed by atoms with Crippen LogP contribution < -0.4 is 0 Å². The van der Waals surface area contributed by atoms with Gasteiger partial charge in [-0.05, 0) is 59.8 Å². The van der Waals surface area contributed by atoms with Gasteiger partial charge in [0.25, 0.3) is 0 Å². The van der Waals surface area contributed by atoms with Gasteiger partial charge in [0.15, 0.2) is 0 Å². The predicted molar refractivity (Wildman–Crippen MR) is 68.5 cm³/mol. The minimum atomic E-state index is 0.175. The zero-order valence-corrected chi connectivity index (χ0v) is 11.1. The minimum absolute atomic E-state index is 0.175. The van der Waals surface area contributed by atoms with Gasteiger partial charge in [0, 0.05) is 0 Å². The molecule has 0 aromatic heterocycles. The molecule has 0 bridgehead atoms. The highest BCUT2D eigenvalue weighted by Crippen LogP contribution is 2.45. The molecule has 2 rings (SSSR count). The van der Waals surface area contributed by atoms with Gasteiger partial charge >= 0.3 is 0 Å². The van der Waals surface area contributed by atoms with E-state index in [4.69, 9.17) is 4.74 Å². The van der Waals surface area contributed by atoms with Gasteiger partial charge in [-0.2, -0.15) is 0 Å². The Kier molecular flexibility index (Phi) is 3.25. The lowest BCUT2D eigenvalue weighted by molar-refractivity contribution is 0.297. The first-order valence-corrected chi connectivity index (χ1v) is 6.50. The number of epoxide rings is 1. The molecule has 0 amide bonds. The highest BCUT2D eigenvalue weighted by molar-refractivity contribution is 5.18. The lowest BCUT2D eigenvalue weighted by atomic mass is 9.90. The first-order chi connectivity index (χ1) is 7.51. The summed E-state index contributed by atoms with van der Waals surface area (Å²) in [5.74, 6) is 0. The topological polar surface area (TPSA) is 12.5 Å². The van der Waals surface area contributed by atoms with Gasteiger partial charge in [0.1, 0.15) is 0 Å². The highest BCUT2D eigenvalue weighted by atomic mass is 16.6. The third-order valence-corrected chi connectivity index (χ3v) is 4.13. The third kappa shape index (κ3) is 2.57. The maximum absolute atomic E-state index is 5.89. The average Bonchev–Trinajstić information content (AvgIpc) is 2.83. The number of allylic oxidation sites excluding steroid dienone is 3. The van der Waals surface area contributed by atoms with Crippen molar-refractivity contribution < 1.29 is 4.74 Å². The van der Waals surface area contributed by atoms with Crippen LogP contribution in [0.15, 0.2) is 22.8 Å². The summed E-state index contributed by atoms with van der Waals surface area (Å²) < 4.78 is 5.89. The van der Waals surface area contributed by atoms with Crippen molar-refractivity contribution in [2.24, 2.45) is 0 Å². The Morgan fingerprint density at radius 2 is 2.12 bits per heavy atom. The summed E-state index contributed by atoms with van der Waals surface area (Å²) in [6.07, 6.45) is 8.87. The molecule has 1 saturated heterocycles. The van der Waals surface area contributed by atoms with E-state index in [9.17, 15) is 0 Å². The first kappa shape index (κ1) is 11.9. The van der Waals surface area contributed by atoms with Crippen molar-refractivity contribution >= 4 is 0 Å². The van der Waals surface area contributed by atoms with Crippen LogP contribution in [0.5, 0.6) is 0 Å². The van der Waals surface area contributed by atoms with Crippen molar-refractivity contribution in [2.45, 2.75) is 71.5 Å². The first-order valence-electron chi connectivity index (χ1n) is 6.50. The van der Waals surface area contributed by atoms with Crippen molar-refractivity contribution in [3.05, 3.63) is 22.8 Å². The van der Waals surface area contributed by atoms with Crippen LogP contribution in [0.3, 0.4) is 0 Å². The van der Waals surface area contributed by atoms with E-state index >= 15 is 0 Å². The molecule has 90 valence electrons. The number of hydrogen-bond donors (Lipinski definition) is 0. The van der Waals surface area contributed by atoms with E-state index in [0.717, 1.165) is 6.42 Å². The fourth-order valence-corrected chi connectivity index (χ4v) is 2.60. The summed E-state index contributed by atoms with van der Waals surface area (Å²) in [6.45, 7) is 9.00. The molecule has 2 aliphatic rings. The molecule has 2 atom stereocenters. The Hall–Kier alpha value is -0.560. The monoisotopic (exact) mass is 220 g/mol. The van der Waals surface area contributed by atoms with Crippen LogP contribution in [-0.2, 0) is 4.74 Å². The van der Waals surface area contributed by atoms with Crippen LogP contribution in [0.2, 0.25) is 0 Å². The van der Waals surface area contributed by atoms with E-state index < -0.39 is 0 Å². The zero-order valence-electron chi connectivity index (χ0n) is 11.1. The van der Waals surface area contributed by atoms with Crippen LogP contribution >= 0.6 is 0 Å². The van der Waals surface area contributed by atoms with Crippen LogP contribution in [0, 0.1) is 0 Å². The predicted octanol–water partition coefficient (Wildman–Crippen LogP) is 4.39. The summed E-state index contributed by atoms with van der Waals surface area (Å²) in [6, 6.07) is 0. The summed E-state index contributed by atoms with van der Waals surface area (Å²) in [5, 5.41) is 0. The molecule has 16 heavy (non-hydrogen) atoms. The Labute approximate surface area is 99.6 Å². The van der Waals surface area contributed by atoms with Gasteiger partial charge in [-0.1, -0.05) is 22.8 Å². The molecule has 1 aliphatic carbocycles. The number of rotatable bonds is 0. The summed E-state index contributed by atoms with van der Waals surface area (Å²) in [5.41, 5.74) is 4.82. The molecular weight excluding hydrogens is 196 g/mol. The van der Waals surface area contributed by atoms with Crippen molar-refractivity contribution in [3.8, 4) is 0 Å². The molecule has 0 spiro atoms. The van der Waals surface area contributed by atoms with Crippen molar-refractivity contribution in [1.29, 1.82) is 0 Å². The minimum Gasteiger partial charge on any atom is -0.366 e. The average molecular weight is 220 g/mol. The van der Waals surface area contributed by atoms with Crippen molar-refractivity contribution in [3.63, 3.8) is 0 Å². The lowest BCUT2D eigenvalue weighted by Gasteiger charge is -2.13. The quantitative estimate of drug-likeness (QED) is 0.435. The summed E-state index contributed by atoms with van der Waals surface area (Å²) in [7, 11) is 0. The second kappa shape index (κ2) is 4.37. The third-order valence-electron chi connectivity index (χ3n) is 4.13. The zero-order chi connectivity index (χ0) is 11.8. The van der Waals surface area contributed by atoms with Gasteiger partial charge < -0.3 is 4.74 Å². The molecule has 0 saturated carbocycles. The smallest absolute Gasteiger partial charge is 0.0926 e. The Morgan fingerprint density at radius 1 is 1.38 bits per heavy atom. The maximum Gasteiger partial charge on any atom is 0.0926 e. The van der Waals surface area contributed by atoms with Crippen molar-refractivity contribution in [2.75, 3.05) is 0 Å². The maximum atomic E-state index is 5.89. The summed E-state index contributed by atoms with van der Waals surface area (Å²) in [4.78, 5) is 0. The Balaban J connectivity index is 2.13. The van der Waals surface area contributed by atoms with E-state index in [1.807, 2.05) is 0 Å². The van der Waals surface area contributed by atoms with E-state index in [0.29, 0.717) is 6.10 Å². The molecule has 0 aromatic rings. The molecule has 2 unspecified atom stereocenters. The molecule has 1 fully saturated rings. The van der Waals surface area contributed by atoms with Gasteiger partial charge in [-0.25, -0.2) is 0 Å². The molecule has 1 heterocycles. The Morgan fingerprint density at radius 3 is 2.81 bits per heavy atom. The standard InChI is InChI=1S/C15H24O/c1-11(2)13-8-7-12(3)6-5-9-15(4)14(10-13)16-15/h6,14H,5,7-10H2,1-4H3/b12-6-. The Bertz CT molecular complexity index is 333. The SMILES string of the molecule is CC(C)=C1CC/C(C)=C\CCC2(C)OC2C1. The van der Waals surface area contributed by atoms with E-state index in [1.54, 1.807) is 11.1 Å². The fourth-order valence-electron chi connectivity index (χ4n) is 2.60. The van der Waals surface area contributed by atoms with Crippen LogP contribution in [0.1, 0.15) is 59.8 Å². The second-order valence-corrected chi connectivity index (χ2v) is 5.82. The lowest BCUT2D eigenvalue weighted by Crippen LogP contribution is -2.11. The summed E-state index contributed by atoms with van der Waals surface area (Å²) >= 11 is 0. The molecular formula is C15H24O. The van der Waals surface area contributed by atoms with Gasteiger partial charge in [0.05, 0.1) is 11.7 Å². The molecule has 1 aliphatic heterocycles. The molecule has 0 aromatic carbocycles. The van der Waals surface area contributed by atoms with E-state index in [2.05, 4.69) is 33.8 Å². The largest absolute Gasteiger partial charge is 0.366 e. The van der Waals surface area contributed by atoms with Crippen LogP contribution in [0.25, 0.3) is 0 Å². The van der Waals surface area contributed by atoms with Crippen molar-refractivity contribution in [1.82, 2.24) is 0 Å². The van der Waals surface area contributed by atoms with Crippen LogP contribution in [0.4, 0.5) is 0 Å². The molecule has 0 N–H and O–H groups in total. The van der Waals surface area contributed by atoms with Gasteiger partial charge in [-0.15, -0.1) is 0 Å².